The Labute approximate surface area is 143 Å². The largest absolute Gasteiger partial charge is 0.378 e. The molecule has 132 valence electrons. The van der Waals surface area contributed by atoms with Crippen LogP contribution in [0.5, 0.6) is 0 Å². The maximum Gasteiger partial charge on any atom is 0.315 e. The lowest BCUT2D eigenvalue weighted by Crippen LogP contribution is -2.45. The first kappa shape index (κ1) is 18.3. The molecule has 1 saturated heterocycles. The van der Waals surface area contributed by atoms with Gasteiger partial charge in [-0.3, -0.25) is 4.79 Å². The van der Waals surface area contributed by atoms with Crippen molar-refractivity contribution in [1.82, 2.24) is 15.5 Å². The average molecular weight is 333 g/mol. The number of urea groups is 1. The predicted molar refractivity (Wildman–Crippen MR) is 92.9 cm³/mol. The molecule has 2 N–H and O–H groups in total. The van der Waals surface area contributed by atoms with Gasteiger partial charge in [0.2, 0.25) is 5.91 Å². The highest BCUT2D eigenvalue weighted by Gasteiger charge is 2.18. The van der Waals surface area contributed by atoms with Crippen LogP contribution < -0.4 is 10.6 Å². The zero-order valence-electron chi connectivity index (χ0n) is 14.5. The number of nitrogens with one attached hydrogen (secondary N) is 2. The van der Waals surface area contributed by atoms with E-state index in [9.17, 15) is 9.59 Å². The lowest BCUT2D eigenvalue weighted by molar-refractivity contribution is -0.135. The van der Waals surface area contributed by atoms with Gasteiger partial charge in [0.05, 0.1) is 13.2 Å². The zero-order valence-corrected chi connectivity index (χ0v) is 14.5. The molecule has 0 saturated carbocycles. The normalized spacial score (nSPS) is 17.0. The fourth-order valence-electron chi connectivity index (χ4n) is 2.68. The van der Waals surface area contributed by atoms with E-state index in [-0.39, 0.29) is 23.9 Å². The number of nitrogens with zero attached hydrogens (tertiary/aromatic N) is 1. The standard InChI is InChI=1S/C18H27N3O3/c1-14(16-6-4-3-5-7-16)15(2)20-18(23)19-9-8-17(22)21-10-12-24-13-11-21/h3-7,14-15H,8-13H2,1-2H3,(H2,19,20,23)/t14-,15+/m1/s1. The Hall–Kier alpha value is -2.08. The van der Waals surface area contributed by atoms with Crippen LogP contribution in [0.3, 0.4) is 0 Å². The Morgan fingerprint density at radius 3 is 2.50 bits per heavy atom. The Bertz CT molecular complexity index is 530. The molecule has 1 fully saturated rings. The van der Waals surface area contributed by atoms with Crippen molar-refractivity contribution < 1.29 is 14.3 Å². The lowest BCUT2D eigenvalue weighted by atomic mass is 9.95. The molecule has 0 aromatic heterocycles. The van der Waals surface area contributed by atoms with E-state index in [1.807, 2.05) is 25.1 Å². The first-order valence-corrected chi connectivity index (χ1v) is 8.52. The Morgan fingerprint density at radius 1 is 1.17 bits per heavy atom. The van der Waals surface area contributed by atoms with Crippen molar-refractivity contribution in [3.8, 4) is 0 Å². The van der Waals surface area contributed by atoms with E-state index >= 15 is 0 Å². The summed E-state index contributed by atoms with van der Waals surface area (Å²) in [5, 5.41) is 5.70. The van der Waals surface area contributed by atoms with Crippen LogP contribution >= 0.6 is 0 Å². The number of carbonyl (C=O) groups excluding carboxylic acids is 2. The van der Waals surface area contributed by atoms with Crippen LogP contribution in [0.4, 0.5) is 4.79 Å². The summed E-state index contributed by atoms with van der Waals surface area (Å²) in [5.41, 5.74) is 1.19. The molecule has 3 amide bonds. The Morgan fingerprint density at radius 2 is 1.83 bits per heavy atom. The zero-order chi connectivity index (χ0) is 17.4. The maximum absolute atomic E-state index is 12.0. The fourth-order valence-corrected chi connectivity index (χ4v) is 2.68. The third-order valence-corrected chi connectivity index (χ3v) is 4.42. The molecule has 1 aliphatic heterocycles. The molecule has 1 heterocycles. The van der Waals surface area contributed by atoms with Gasteiger partial charge in [0, 0.05) is 38.0 Å². The van der Waals surface area contributed by atoms with E-state index < -0.39 is 0 Å². The van der Waals surface area contributed by atoms with Crippen LogP contribution in [0.2, 0.25) is 0 Å². The van der Waals surface area contributed by atoms with Crippen molar-refractivity contribution in [1.29, 1.82) is 0 Å². The Balaban J connectivity index is 1.68. The van der Waals surface area contributed by atoms with Gasteiger partial charge in [0.15, 0.2) is 0 Å². The molecule has 1 aromatic carbocycles. The summed E-state index contributed by atoms with van der Waals surface area (Å²) in [6, 6.07) is 9.85. The predicted octanol–water partition coefficient (Wildman–Crippen LogP) is 1.73. The minimum atomic E-state index is -0.236. The third-order valence-electron chi connectivity index (χ3n) is 4.42. The number of hydrogen-bond donors (Lipinski definition) is 2. The summed E-state index contributed by atoms with van der Waals surface area (Å²) < 4.78 is 5.22. The molecule has 6 heteroatoms. The Kier molecular flexibility index (Phi) is 7.06. The molecule has 24 heavy (non-hydrogen) atoms. The number of amides is 3. The third kappa shape index (κ3) is 5.53. The number of benzene rings is 1. The van der Waals surface area contributed by atoms with Gasteiger partial charge >= 0.3 is 6.03 Å². The van der Waals surface area contributed by atoms with E-state index in [0.29, 0.717) is 39.3 Å². The number of rotatable bonds is 6. The first-order chi connectivity index (χ1) is 11.6. The van der Waals surface area contributed by atoms with Crippen molar-refractivity contribution >= 4 is 11.9 Å². The van der Waals surface area contributed by atoms with Crippen LogP contribution in [0.25, 0.3) is 0 Å². The van der Waals surface area contributed by atoms with Gasteiger partial charge in [-0.25, -0.2) is 4.79 Å². The summed E-state index contributed by atoms with van der Waals surface area (Å²) in [6.45, 7) is 6.86. The maximum atomic E-state index is 12.0. The minimum absolute atomic E-state index is 0.00217. The van der Waals surface area contributed by atoms with E-state index in [2.05, 4.69) is 29.7 Å². The highest BCUT2D eigenvalue weighted by Crippen LogP contribution is 2.18. The van der Waals surface area contributed by atoms with Crippen molar-refractivity contribution in [2.75, 3.05) is 32.8 Å². The summed E-state index contributed by atoms with van der Waals surface area (Å²) in [6.07, 6.45) is 0.316. The van der Waals surface area contributed by atoms with Gasteiger partial charge in [-0.1, -0.05) is 37.3 Å². The summed E-state index contributed by atoms with van der Waals surface area (Å²) in [7, 11) is 0. The summed E-state index contributed by atoms with van der Waals surface area (Å²) in [5.74, 6) is 0.274. The van der Waals surface area contributed by atoms with Crippen LogP contribution in [0, 0.1) is 0 Å². The van der Waals surface area contributed by atoms with Gasteiger partial charge < -0.3 is 20.3 Å². The molecule has 2 rings (SSSR count). The highest BCUT2D eigenvalue weighted by atomic mass is 16.5. The topological polar surface area (TPSA) is 70.7 Å². The van der Waals surface area contributed by atoms with Gasteiger partial charge in [-0.2, -0.15) is 0 Å². The molecule has 1 aliphatic rings. The number of ether oxygens (including phenoxy) is 1. The first-order valence-electron chi connectivity index (χ1n) is 8.52. The average Bonchev–Trinajstić information content (AvgIpc) is 2.62. The van der Waals surface area contributed by atoms with Crippen LogP contribution in [-0.2, 0) is 9.53 Å². The number of morpholine rings is 1. The minimum Gasteiger partial charge on any atom is -0.378 e. The second-order valence-corrected chi connectivity index (χ2v) is 6.13. The molecule has 0 spiro atoms. The van der Waals surface area contributed by atoms with Crippen molar-refractivity contribution in [3.63, 3.8) is 0 Å². The van der Waals surface area contributed by atoms with Gasteiger partial charge in [-0.05, 0) is 12.5 Å². The van der Waals surface area contributed by atoms with Crippen molar-refractivity contribution in [2.45, 2.75) is 32.2 Å². The van der Waals surface area contributed by atoms with Crippen LogP contribution in [0.15, 0.2) is 30.3 Å². The van der Waals surface area contributed by atoms with Crippen LogP contribution in [0.1, 0.15) is 31.7 Å². The summed E-state index contributed by atoms with van der Waals surface area (Å²) >= 11 is 0. The SMILES string of the molecule is C[C@H](NC(=O)NCCC(=O)N1CCOCC1)[C@@H](C)c1ccccc1. The molecule has 0 radical (unpaired) electrons. The monoisotopic (exact) mass is 333 g/mol. The number of hydrogen-bond acceptors (Lipinski definition) is 3. The second-order valence-electron chi connectivity index (χ2n) is 6.13. The fraction of sp³-hybridized carbons (Fsp3) is 0.556. The molecule has 0 unspecified atom stereocenters. The highest BCUT2D eigenvalue weighted by molar-refractivity contribution is 5.78. The van der Waals surface area contributed by atoms with Crippen molar-refractivity contribution in [3.05, 3.63) is 35.9 Å². The second kappa shape index (κ2) is 9.27. The van der Waals surface area contributed by atoms with E-state index in [1.54, 1.807) is 4.90 Å². The quantitative estimate of drug-likeness (QED) is 0.833. The van der Waals surface area contributed by atoms with Crippen molar-refractivity contribution in [2.24, 2.45) is 0 Å². The van der Waals surface area contributed by atoms with E-state index in [4.69, 9.17) is 4.74 Å². The van der Waals surface area contributed by atoms with Gasteiger partial charge in [0.1, 0.15) is 0 Å². The van der Waals surface area contributed by atoms with Gasteiger partial charge in [-0.15, -0.1) is 0 Å². The smallest absolute Gasteiger partial charge is 0.315 e. The lowest BCUT2D eigenvalue weighted by Gasteiger charge is -2.27. The summed E-state index contributed by atoms with van der Waals surface area (Å²) in [4.78, 5) is 25.8. The molecule has 2 atom stereocenters. The van der Waals surface area contributed by atoms with Crippen LogP contribution in [-0.4, -0.2) is 55.7 Å². The molecular formula is C18H27N3O3. The molecule has 0 aliphatic carbocycles. The van der Waals surface area contributed by atoms with E-state index in [1.165, 1.54) is 5.56 Å². The van der Waals surface area contributed by atoms with Gasteiger partial charge in [0.25, 0.3) is 0 Å². The number of carbonyl (C=O) groups is 2. The van der Waals surface area contributed by atoms with E-state index in [0.717, 1.165) is 0 Å². The molecule has 1 aromatic rings. The molecular weight excluding hydrogens is 306 g/mol. The molecule has 6 nitrogen and oxygen atoms in total. The molecule has 0 bridgehead atoms.